The van der Waals surface area contributed by atoms with E-state index in [1.54, 1.807) is 12.1 Å². The number of carbonyl (C=O) groups excluding carboxylic acids is 1. The van der Waals surface area contributed by atoms with Gasteiger partial charge in [0.1, 0.15) is 12.4 Å². The number of carbonyl (C=O) groups is 1. The Labute approximate surface area is 69.3 Å². The third kappa shape index (κ3) is 1.77. The van der Waals surface area contributed by atoms with Crippen molar-refractivity contribution in [1.29, 1.82) is 0 Å². The first-order valence-electron chi connectivity index (χ1n) is 3.30. The second-order valence-electron chi connectivity index (χ2n) is 2.21. The second-order valence-corrected chi connectivity index (χ2v) is 2.21. The molecule has 0 unspecified atom stereocenters. The summed E-state index contributed by atoms with van der Waals surface area (Å²) in [5.74, 6) is 5.02. The Morgan fingerprint density at radius 2 is 2.33 bits per heavy atom. The van der Waals surface area contributed by atoms with Gasteiger partial charge in [-0.05, 0) is 12.1 Å². The van der Waals surface area contributed by atoms with Crippen molar-refractivity contribution in [3.05, 3.63) is 23.4 Å². The average molecular weight is 167 g/mol. The van der Waals surface area contributed by atoms with Crippen LogP contribution in [0, 0.1) is 0 Å². The molecule has 0 saturated carbocycles. The molecule has 0 aliphatic heterocycles. The molecule has 1 aromatic heterocycles. The highest BCUT2D eigenvalue weighted by Crippen LogP contribution is 2.07. The molecule has 4 N–H and O–H groups in total. The van der Waals surface area contributed by atoms with E-state index >= 15 is 0 Å². The van der Waals surface area contributed by atoms with Crippen molar-refractivity contribution in [2.45, 2.75) is 6.61 Å². The topological polar surface area (TPSA) is 91.2 Å². The van der Waals surface area contributed by atoms with Crippen LogP contribution in [0.5, 0.6) is 0 Å². The Hall–Kier alpha value is -1.46. The van der Waals surface area contributed by atoms with Crippen LogP contribution in [0.2, 0.25) is 0 Å². The summed E-state index contributed by atoms with van der Waals surface area (Å²) < 4.78 is 0. The number of aldehydes is 1. The number of nitrogen functional groups attached to an aromatic ring is 1. The van der Waals surface area contributed by atoms with Crippen LogP contribution < -0.4 is 11.6 Å². The molecule has 12 heavy (non-hydrogen) atoms. The maximum atomic E-state index is 10.3. The summed E-state index contributed by atoms with van der Waals surface area (Å²) in [6.07, 6.45) is 0.648. The summed E-state index contributed by atoms with van der Waals surface area (Å²) in [6, 6.07) is 3.20. The van der Waals surface area contributed by atoms with E-state index in [1.807, 2.05) is 0 Å². The lowest BCUT2D eigenvalue weighted by atomic mass is 10.2. The molecule has 1 heterocycles. The minimum absolute atomic E-state index is 0.184. The van der Waals surface area contributed by atoms with Gasteiger partial charge in [0, 0.05) is 0 Å². The van der Waals surface area contributed by atoms with Crippen LogP contribution >= 0.6 is 0 Å². The van der Waals surface area contributed by atoms with Crippen molar-refractivity contribution in [3.63, 3.8) is 0 Å². The summed E-state index contributed by atoms with van der Waals surface area (Å²) in [4.78, 5) is 18.5. The van der Waals surface area contributed by atoms with Gasteiger partial charge < -0.3 is 5.73 Å². The van der Waals surface area contributed by atoms with E-state index in [-0.39, 0.29) is 12.4 Å². The number of nitrogens with two attached hydrogens (primary N) is 2. The number of rotatable bonds is 3. The maximum Gasteiger partial charge on any atom is 0.153 e. The van der Waals surface area contributed by atoms with E-state index in [4.69, 9.17) is 11.6 Å². The third-order valence-corrected chi connectivity index (χ3v) is 1.37. The molecule has 1 rings (SSSR count). The normalized spacial score (nSPS) is 9.75. The van der Waals surface area contributed by atoms with Crippen LogP contribution in [-0.2, 0) is 11.4 Å². The van der Waals surface area contributed by atoms with Gasteiger partial charge in [0.05, 0.1) is 11.3 Å². The van der Waals surface area contributed by atoms with E-state index in [0.29, 0.717) is 17.5 Å². The van der Waals surface area contributed by atoms with Gasteiger partial charge in [-0.1, -0.05) is 0 Å². The molecule has 64 valence electrons. The molecular weight excluding hydrogens is 158 g/mol. The van der Waals surface area contributed by atoms with E-state index in [9.17, 15) is 4.79 Å². The monoisotopic (exact) mass is 167 g/mol. The van der Waals surface area contributed by atoms with Gasteiger partial charge in [-0.2, -0.15) is 0 Å². The number of aromatic nitrogens is 1. The lowest BCUT2D eigenvalue weighted by Crippen LogP contribution is -2.04. The van der Waals surface area contributed by atoms with E-state index in [2.05, 4.69) is 9.82 Å². The molecule has 0 spiro atoms. The summed E-state index contributed by atoms with van der Waals surface area (Å²) in [6.45, 7) is 0.184. The third-order valence-electron chi connectivity index (χ3n) is 1.37. The Bertz CT molecular complexity index is 288. The average Bonchev–Trinajstić information content (AvgIpc) is 2.05. The molecule has 5 heteroatoms. The molecule has 0 saturated heterocycles. The van der Waals surface area contributed by atoms with Crippen molar-refractivity contribution in [1.82, 2.24) is 4.98 Å². The van der Waals surface area contributed by atoms with Crippen molar-refractivity contribution >= 4 is 12.1 Å². The standard InChI is InChI=1S/C7H9N3O2/c8-7-5(3-11)1-2-6(10-7)4-12-9/h1-3H,4,9H2,(H2,8,10). The summed E-state index contributed by atoms with van der Waals surface area (Å²) in [7, 11) is 0. The fraction of sp³-hybridized carbons (Fsp3) is 0.143. The minimum Gasteiger partial charge on any atom is -0.383 e. The molecule has 0 aliphatic carbocycles. The second kappa shape index (κ2) is 3.80. The molecule has 0 aromatic carbocycles. The minimum atomic E-state index is 0.184. The predicted octanol–water partition coefficient (Wildman–Crippen LogP) is -0.133. The van der Waals surface area contributed by atoms with E-state index in [1.165, 1.54) is 0 Å². The summed E-state index contributed by atoms with van der Waals surface area (Å²) in [5, 5.41) is 0. The van der Waals surface area contributed by atoms with Gasteiger partial charge in [0.15, 0.2) is 6.29 Å². The molecule has 0 amide bonds. The first kappa shape index (κ1) is 8.63. The molecule has 0 fully saturated rings. The van der Waals surface area contributed by atoms with Crippen LogP contribution in [0.1, 0.15) is 16.1 Å². The fourth-order valence-corrected chi connectivity index (χ4v) is 0.793. The highest BCUT2D eigenvalue weighted by molar-refractivity contribution is 5.81. The van der Waals surface area contributed by atoms with Crippen molar-refractivity contribution in [3.8, 4) is 0 Å². The van der Waals surface area contributed by atoms with Crippen LogP contribution in [-0.4, -0.2) is 11.3 Å². The number of hydrogen-bond donors (Lipinski definition) is 2. The molecule has 0 bridgehead atoms. The number of pyridine rings is 1. The van der Waals surface area contributed by atoms with Crippen molar-refractivity contribution < 1.29 is 9.63 Å². The van der Waals surface area contributed by atoms with Crippen LogP contribution in [0.3, 0.4) is 0 Å². The number of anilines is 1. The molecule has 5 nitrogen and oxygen atoms in total. The molecular formula is C7H9N3O2. The van der Waals surface area contributed by atoms with Gasteiger partial charge in [0.25, 0.3) is 0 Å². The van der Waals surface area contributed by atoms with E-state index in [0.717, 1.165) is 0 Å². The SMILES string of the molecule is NOCc1ccc(C=O)c(N)n1. The van der Waals surface area contributed by atoms with Crippen molar-refractivity contribution in [2.24, 2.45) is 5.90 Å². The summed E-state index contributed by atoms with van der Waals surface area (Å²) in [5.41, 5.74) is 6.39. The van der Waals surface area contributed by atoms with Gasteiger partial charge in [-0.3, -0.25) is 9.63 Å². The zero-order valence-electron chi connectivity index (χ0n) is 6.36. The Balaban J connectivity index is 2.93. The van der Waals surface area contributed by atoms with Gasteiger partial charge in [-0.15, -0.1) is 0 Å². The summed E-state index contributed by atoms with van der Waals surface area (Å²) >= 11 is 0. The quantitative estimate of drug-likeness (QED) is 0.483. The Morgan fingerprint density at radius 3 is 2.83 bits per heavy atom. The van der Waals surface area contributed by atoms with Crippen LogP contribution in [0.15, 0.2) is 12.1 Å². The zero-order valence-corrected chi connectivity index (χ0v) is 6.36. The first-order chi connectivity index (χ1) is 5.77. The molecule has 1 aromatic rings. The zero-order chi connectivity index (χ0) is 8.97. The Kier molecular flexibility index (Phi) is 2.73. The lowest BCUT2D eigenvalue weighted by Gasteiger charge is -2.00. The smallest absolute Gasteiger partial charge is 0.153 e. The molecule has 0 radical (unpaired) electrons. The van der Waals surface area contributed by atoms with Crippen molar-refractivity contribution in [2.75, 3.05) is 5.73 Å². The number of nitrogens with zero attached hydrogens (tertiary/aromatic N) is 1. The largest absolute Gasteiger partial charge is 0.383 e. The predicted molar refractivity (Wildman–Crippen MR) is 43.0 cm³/mol. The number of hydrogen-bond acceptors (Lipinski definition) is 5. The fourth-order valence-electron chi connectivity index (χ4n) is 0.793. The van der Waals surface area contributed by atoms with Gasteiger partial charge in [-0.25, -0.2) is 10.9 Å². The van der Waals surface area contributed by atoms with Crippen LogP contribution in [0.4, 0.5) is 5.82 Å². The molecule has 0 atom stereocenters. The van der Waals surface area contributed by atoms with Crippen LogP contribution in [0.25, 0.3) is 0 Å². The van der Waals surface area contributed by atoms with E-state index < -0.39 is 0 Å². The lowest BCUT2D eigenvalue weighted by molar-refractivity contribution is 0.112. The highest BCUT2D eigenvalue weighted by atomic mass is 16.6. The van der Waals surface area contributed by atoms with Gasteiger partial charge in [0.2, 0.25) is 0 Å². The first-order valence-corrected chi connectivity index (χ1v) is 3.30. The molecule has 0 aliphatic rings. The highest BCUT2D eigenvalue weighted by Gasteiger charge is 2.00. The van der Waals surface area contributed by atoms with Gasteiger partial charge >= 0.3 is 0 Å². The Morgan fingerprint density at radius 1 is 1.58 bits per heavy atom. The maximum absolute atomic E-state index is 10.3.